The van der Waals surface area contributed by atoms with Gasteiger partial charge in [0.15, 0.2) is 24.0 Å². The number of hydrogen-bond donors (Lipinski definition) is 7. The van der Waals surface area contributed by atoms with Gasteiger partial charge in [-0.2, -0.15) is 0 Å². The number of esters is 1. The van der Waals surface area contributed by atoms with Crippen LogP contribution in [-0.4, -0.2) is 121 Å². The Labute approximate surface area is 249 Å². The van der Waals surface area contributed by atoms with E-state index in [-0.39, 0.29) is 39.3 Å². The zero-order chi connectivity index (χ0) is 32.2. The molecule has 0 saturated carbocycles. The molecule has 0 bridgehead atoms. The largest absolute Gasteiger partial charge is 0.508 e. The third kappa shape index (κ3) is 5.52. The Bertz CT molecular complexity index is 1470. The quantitative estimate of drug-likeness (QED) is 0.160. The van der Waals surface area contributed by atoms with Gasteiger partial charge in [0.05, 0.1) is 11.7 Å². The first kappa shape index (κ1) is 31.7. The van der Waals surface area contributed by atoms with Crippen molar-refractivity contribution in [2.45, 2.75) is 82.2 Å². The van der Waals surface area contributed by atoms with E-state index in [1.54, 1.807) is 0 Å². The van der Waals surface area contributed by atoms with Gasteiger partial charge >= 0.3 is 5.97 Å². The van der Waals surface area contributed by atoms with Crippen molar-refractivity contribution in [2.24, 2.45) is 0 Å². The van der Waals surface area contributed by atoms with Crippen molar-refractivity contribution in [2.75, 3.05) is 6.61 Å². The van der Waals surface area contributed by atoms with Gasteiger partial charge in [-0.3, -0.25) is 14.4 Å². The molecule has 0 amide bonds. The van der Waals surface area contributed by atoms with Crippen LogP contribution < -0.4 is 4.74 Å². The molecule has 238 valence electrons. The lowest BCUT2D eigenvalue weighted by molar-refractivity contribution is -0.354. The zero-order valence-corrected chi connectivity index (χ0v) is 23.7. The molecule has 0 unspecified atom stereocenters. The second-order valence-electron chi connectivity index (χ2n) is 10.9. The summed E-state index contributed by atoms with van der Waals surface area (Å²) >= 11 is 0. The average Bonchev–Trinajstić information content (AvgIpc) is 2.98. The summed E-state index contributed by atoms with van der Waals surface area (Å²) in [5.74, 6) is -3.15. The van der Waals surface area contributed by atoms with Gasteiger partial charge < -0.3 is 59.4 Å². The Hall–Kier alpha value is -3.67. The predicted octanol–water partition coefficient (Wildman–Crippen LogP) is -1.22. The molecule has 2 saturated heterocycles. The van der Waals surface area contributed by atoms with Gasteiger partial charge in [-0.1, -0.05) is 0 Å². The second-order valence-corrected chi connectivity index (χ2v) is 10.9. The van der Waals surface area contributed by atoms with Crippen LogP contribution in [0.2, 0.25) is 0 Å². The molecule has 2 heterocycles. The van der Waals surface area contributed by atoms with Crippen LogP contribution in [0.1, 0.15) is 51.3 Å². The number of phenolic OH excluding ortho intramolecular Hbond substituents is 2. The number of benzene rings is 2. The van der Waals surface area contributed by atoms with Crippen LogP contribution in [0.25, 0.3) is 0 Å². The molecule has 5 rings (SSSR count). The highest BCUT2D eigenvalue weighted by Gasteiger charge is 2.51. The molecular formula is C29H32O15. The molecule has 7 N–H and O–H groups in total. The number of hydrogen-bond acceptors (Lipinski definition) is 15. The van der Waals surface area contributed by atoms with E-state index in [0.29, 0.717) is 0 Å². The van der Waals surface area contributed by atoms with Crippen LogP contribution in [0.3, 0.4) is 0 Å². The van der Waals surface area contributed by atoms with Crippen LogP contribution in [0.4, 0.5) is 0 Å². The van der Waals surface area contributed by atoms with Gasteiger partial charge in [0.1, 0.15) is 60.5 Å². The fourth-order valence-electron chi connectivity index (χ4n) is 5.36. The van der Waals surface area contributed by atoms with Crippen molar-refractivity contribution in [1.29, 1.82) is 0 Å². The lowest BCUT2D eigenvalue weighted by Gasteiger charge is -2.45. The van der Waals surface area contributed by atoms with Gasteiger partial charge in [-0.05, 0) is 38.1 Å². The van der Waals surface area contributed by atoms with Gasteiger partial charge in [0.25, 0.3) is 0 Å². The molecule has 0 aromatic heterocycles. The van der Waals surface area contributed by atoms with E-state index < -0.39 is 91.3 Å². The number of fused-ring (bicyclic) bond motifs is 2. The number of carbonyl (C=O) groups is 3. The number of phenols is 2. The molecule has 1 aliphatic carbocycles. The minimum atomic E-state index is -1.84. The third-order valence-corrected chi connectivity index (χ3v) is 7.91. The SMILES string of the molecule is CC(=O)OC[C@H]1O[C@@H](Oc2cc3c(c(O)c2C)C(=O)c2ccc(O)cc2C3=O)[C@H](O[C@@H]2O[C@@H](C)[C@H](O)[C@@H](O)[C@H]2O)[C@@H](O)[C@@H]1O. The van der Waals surface area contributed by atoms with Crippen LogP contribution >= 0.6 is 0 Å². The van der Waals surface area contributed by atoms with Crippen LogP contribution in [-0.2, 0) is 23.7 Å². The summed E-state index contributed by atoms with van der Waals surface area (Å²) in [6, 6.07) is 4.77. The zero-order valence-electron chi connectivity index (χ0n) is 23.7. The van der Waals surface area contributed by atoms with Gasteiger partial charge in [0.2, 0.25) is 6.29 Å². The highest BCUT2D eigenvalue weighted by atomic mass is 16.8. The Morgan fingerprint density at radius 1 is 0.841 bits per heavy atom. The summed E-state index contributed by atoms with van der Waals surface area (Å²) in [6.45, 7) is 3.37. The first-order valence-electron chi connectivity index (χ1n) is 13.7. The molecule has 0 spiro atoms. The topological polar surface area (TPSA) is 239 Å². The standard InChI is InChI=1S/C29H32O15/c1-9-16(7-15-18(19(9)32)22(35)13-5-4-12(31)6-14(13)21(15)34)42-29-27(25(38)23(36)17(43-29)8-40-11(3)30)44-28-26(39)24(37)20(33)10(2)41-28/h4-7,10,17,20,23-29,31-33,36-39H,8H2,1-3H3/t10-,17+,20-,23+,24+,25-,26+,27+,28-,29+/m0/s1. The van der Waals surface area contributed by atoms with Gasteiger partial charge in [-0.25, -0.2) is 0 Å². The van der Waals surface area contributed by atoms with Crippen LogP contribution in [0, 0.1) is 6.92 Å². The lowest BCUT2D eigenvalue weighted by Crippen LogP contribution is -2.64. The molecule has 2 aliphatic heterocycles. The van der Waals surface area contributed by atoms with Crippen molar-refractivity contribution < 1.29 is 73.8 Å². The fraction of sp³-hybridized carbons (Fsp3) is 0.483. The van der Waals surface area contributed by atoms with E-state index in [9.17, 15) is 50.1 Å². The number of aliphatic hydroxyl groups is 5. The Morgan fingerprint density at radius 2 is 1.55 bits per heavy atom. The molecule has 10 atom stereocenters. The molecule has 0 radical (unpaired) electrons. The summed E-state index contributed by atoms with van der Waals surface area (Å²) in [4.78, 5) is 38.0. The number of carbonyl (C=O) groups excluding carboxylic acids is 3. The predicted molar refractivity (Wildman–Crippen MR) is 143 cm³/mol. The Kier molecular flexibility index (Phi) is 8.67. The van der Waals surface area contributed by atoms with E-state index in [1.165, 1.54) is 26.0 Å². The number of aliphatic hydroxyl groups excluding tert-OH is 5. The van der Waals surface area contributed by atoms with E-state index in [2.05, 4.69) is 0 Å². The lowest BCUT2D eigenvalue weighted by atomic mass is 9.82. The fourth-order valence-corrected chi connectivity index (χ4v) is 5.36. The van der Waals surface area contributed by atoms with E-state index in [4.69, 9.17) is 23.7 Å². The molecule has 15 heteroatoms. The maximum absolute atomic E-state index is 13.4. The van der Waals surface area contributed by atoms with E-state index in [1.807, 2.05) is 0 Å². The first-order chi connectivity index (χ1) is 20.7. The summed E-state index contributed by atoms with van der Waals surface area (Å²) < 4.78 is 27.9. The summed E-state index contributed by atoms with van der Waals surface area (Å²) in [6.07, 6.45) is -16.0. The number of aromatic hydroxyl groups is 2. The first-order valence-corrected chi connectivity index (χ1v) is 13.7. The van der Waals surface area contributed by atoms with Crippen molar-refractivity contribution in [3.8, 4) is 17.2 Å². The highest BCUT2D eigenvalue weighted by molar-refractivity contribution is 6.29. The maximum atomic E-state index is 13.4. The monoisotopic (exact) mass is 620 g/mol. The van der Waals surface area contributed by atoms with Gasteiger partial charge in [-0.15, -0.1) is 0 Å². The molecule has 44 heavy (non-hydrogen) atoms. The average molecular weight is 621 g/mol. The number of ketones is 2. The highest BCUT2D eigenvalue weighted by Crippen LogP contribution is 2.41. The van der Waals surface area contributed by atoms with Gasteiger partial charge in [0, 0.05) is 29.2 Å². The van der Waals surface area contributed by atoms with Crippen molar-refractivity contribution in [3.05, 3.63) is 52.1 Å². The third-order valence-electron chi connectivity index (χ3n) is 7.91. The molecule has 2 aromatic rings. The summed E-state index contributed by atoms with van der Waals surface area (Å²) in [5, 5.41) is 73.5. The van der Waals surface area contributed by atoms with Crippen LogP contribution in [0.15, 0.2) is 24.3 Å². The van der Waals surface area contributed by atoms with Crippen molar-refractivity contribution >= 4 is 17.5 Å². The molecule has 15 nitrogen and oxygen atoms in total. The Morgan fingerprint density at radius 3 is 2.23 bits per heavy atom. The van der Waals surface area contributed by atoms with E-state index in [0.717, 1.165) is 19.1 Å². The molecule has 3 aliphatic rings. The molecule has 2 aromatic carbocycles. The molecule has 2 fully saturated rings. The minimum Gasteiger partial charge on any atom is -0.508 e. The smallest absolute Gasteiger partial charge is 0.302 e. The minimum absolute atomic E-state index is 0.0206. The maximum Gasteiger partial charge on any atom is 0.302 e. The van der Waals surface area contributed by atoms with E-state index >= 15 is 0 Å². The number of ether oxygens (including phenoxy) is 5. The summed E-state index contributed by atoms with van der Waals surface area (Å²) in [7, 11) is 0. The van der Waals surface area contributed by atoms with Crippen molar-refractivity contribution in [3.63, 3.8) is 0 Å². The van der Waals surface area contributed by atoms with Crippen molar-refractivity contribution in [1.82, 2.24) is 0 Å². The van der Waals surface area contributed by atoms with Crippen LogP contribution in [0.5, 0.6) is 17.2 Å². The molecular weight excluding hydrogens is 588 g/mol. The Balaban J connectivity index is 1.51. The number of rotatable bonds is 6. The second kappa shape index (κ2) is 12.0. The normalized spacial score (nSPS) is 33.4. The summed E-state index contributed by atoms with van der Waals surface area (Å²) in [5.41, 5.74) is -0.698.